The van der Waals surface area contributed by atoms with Crippen LogP contribution in [-0.4, -0.2) is 11.8 Å². The lowest BCUT2D eigenvalue weighted by Gasteiger charge is -2.17. The van der Waals surface area contributed by atoms with Crippen LogP contribution in [0, 0.1) is 14.9 Å². The van der Waals surface area contributed by atoms with Crippen LogP contribution >= 0.6 is 34.2 Å². The Kier molecular flexibility index (Phi) is 3.43. The molecule has 0 saturated carbocycles. The standard InChI is InChI=1S/C15H6ClIN2O2/c16-11-5-8(7-18)6-12(17)13(11)19-14(20)9-3-1-2-4-10(9)15(19)21/h1-6H. The summed E-state index contributed by atoms with van der Waals surface area (Å²) in [4.78, 5) is 26.0. The minimum atomic E-state index is -0.403. The molecule has 0 atom stereocenters. The number of hydrogen-bond donors (Lipinski definition) is 0. The average molecular weight is 409 g/mol. The third kappa shape index (κ3) is 2.11. The Morgan fingerprint density at radius 1 is 1.10 bits per heavy atom. The molecule has 0 aliphatic carbocycles. The molecule has 2 aromatic rings. The average Bonchev–Trinajstić information content (AvgIpc) is 2.72. The highest BCUT2D eigenvalue weighted by atomic mass is 127. The van der Waals surface area contributed by atoms with E-state index in [1.807, 2.05) is 28.7 Å². The van der Waals surface area contributed by atoms with Crippen molar-refractivity contribution in [2.75, 3.05) is 4.90 Å². The molecule has 0 unspecified atom stereocenters. The van der Waals surface area contributed by atoms with Crippen molar-refractivity contribution in [1.82, 2.24) is 0 Å². The second kappa shape index (κ2) is 5.13. The highest BCUT2D eigenvalue weighted by molar-refractivity contribution is 14.1. The Balaban J connectivity index is 2.19. The van der Waals surface area contributed by atoms with E-state index in [2.05, 4.69) is 0 Å². The molecule has 6 heteroatoms. The first-order valence-corrected chi connectivity index (χ1v) is 7.37. The lowest BCUT2D eigenvalue weighted by Crippen LogP contribution is -2.30. The van der Waals surface area contributed by atoms with E-state index in [0.717, 1.165) is 4.90 Å². The zero-order chi connectivity index (χ0) is 15.1. The van der Waals surface area contributed by atoms with Gasteiger partial charge in [0.25, 0.3) is 11.8 Å². The Morgan fingerprint density at radius 3 is 2.14 bits per heavy atom. The molecule has 21 heavy (non-hydrogen) atoms. The topological polar surface area (TPSA) is 61.2 Å². The highest BCUT2D eigenvalue weighted by Gasteiger charge is 2.38. The van der Waals surface area contributed by atoms with Gasteiger partial charge in [-0.25, -0.2) is 4.90 Å². The van der Waals surface area contributed by atoms with Gasteiger partial charge in [0.05, 0.1) is 33.5 Å². The number of rotatable bonds is 1. The first-order chi connectivity index (χ1) is 10.0. The third-order valence-corrected chi connectivity index (χ3v) is 4.27. The first kappa shape index (κ1) is 14.0. The van der Waals surface area contributed by atoms with Gasteiger partial charge in [0, 0.05) is 3.57 Å². The molecule has 102 valence electrons. The van der Waals surface area contributed by atoms with Crippen molar-refractivity contribution in [3.63, 3.8) is 0 Å². The van der Waals surface area contributed by atoms with Gasteiger partial charge in [0.1, 0.15) is 0 Å². The summed E-state index contributed by atoms with van der Waals surface area (Å²) in [6, 6.07) is 11.7. The van der Waals surface area contributed by atoms with Crippen LogP contribution in [0.3, 0.4) is 0 Å². The summed E-state index contributed by atoms with van der Waals surface area (Å²) >= 11 is 8.13. The van der Waals surface area contributed by atoms with E-state index < -0.39 is 11.8 Å². The largest absolute Gasteiger partial charge is 0.268 e. The van der Waals surface area contributed by atoms with Gasteiger partial charge in [0.15, 0.2) is 0 Å². The summed E-state index contributed by atoms with van der Waals surface area (Å²) in [6.07, 6.45) is 0. The third-order valence-electron chi connectivity index (χ3n) is 3.16. The predicted molar refractivity (Wildman–Crippen MR) is 86.5 cm³/mol. The van der Waals surface area contributed by atoms with Gasteiger partial charge in [-0.2, -0.15) is 5.26 Å². The number of benzene rings is 2. The summed E-state index contributed by atoms with van der Waals surface area (Å²) in [5.74, 6) is -0.805. The van der Waals surface area contributed by atoms with E-state index in [1.54, 1.807) is 30.3 Å². The van der Waals surface area contributed by atoms with Crippen molar-refractivity contribution in [3.05, 3.63) is 61.7 Å². The smallest absolute Gasteiger partial charge is 0.266 e. The van der Waals surface area contributed by atoms with Gasteiger partial charge < -0.3 is 0 Å². The fourth-order valence-corrected chi connectivity index (χ4v) is 3.57. The normalized spacial score (nSPS) is 13.3. The van der Waals surface area contributed by atoms with E-state index in [9.17, 15) is 9.59 Å². The Morgan fingerprint density at radius 2 is 1.67 bits per heavy atom. The monoisotopic (exact) mass is 408 g/mol. The van der Waals surface area contributed by atoms with E-state index in [4.69, 9.17) is 16.9 Å². The maximum absolute atomic E-state index is 12.4. The predicted octanol–water partition coefficient (Wildman–Crippen LogP) is 3.62. The summed E-state index contributed by atoms with van der Waals surface area (Å²) < 4.78 is 0.575. The molecule has 2 aromatic carbocycles. The maximum atomic E-state index is 12.4. The van der Waals surface area contributed by atoms with Gasteiger partial charge >= 0.3 is 0 Å². The minimum absolute atomic E-state index is 0.202. The van der Waals surface area contributed by atoms with Gasteiger partial charge in [-0.15, -0.1) is 0 Å². The summed E-state index contributed by atoms with van der Waals surface area (Å²) in [5, 5.41) is 9.13. The molecule has 3 rings (SSSR count). The molecule has 0 spiro atoms. The fraction of sp³-hybridized carbons (Fsp3) is 0. The van der Waals surface area contributed by atoms with Crippen LogP contribution < -0.4 is 4.90 Å². The van der Waals surface area contributed by atoms with Gasteiger partial charge in [-0.3, -0.25) is 9.59 Å². The van der Waals surface area contributed by atoms with Crippen LogP contribution in [0.1, 0.15) is 26.3 Å². The van der Waals surface area contributed by atoms with Crippen LogP contribution in [0.5, 0.6) is 0 Å². The second-order valence-corrected chi connectivity index (χ2v) is 5.96. The molecule has 0 bridgehead atoms. The van der Waals surface area contributed by atoms with E-state index in [0.29, 0.717) is 25.9 Å². The number of halogens is 2. The Labute approximate surface area is 139 Å². The van der Waals surface area contributed by atoms with E-state index >= 15 is 0 Å². The van der Waals surface area contributed by atoms with Crippen LogP contribution in [0.2, 0.25) is 5.02 Å². The molecule has 0 aromatic heterocycles. The zero-order valence-corrected chi connectivity index (χ0v) is 13.3. The zero-order valence-electron chi connectivity index (χ0n) is 10.4. The van der Waals surface area contributed by atoms with Crippen molar-refractivity contribution in [2.45, 2.75) is 0 Å². The molecule has 0 radical (unpaired) electrons. The Hall–Kier alpha value is -1.91. The summed E-state index contributed by atoms with van der Waals surface area (Å²) in [5.41, 5.74) is 1.42. The lowest BCUT2D eigenvalue weighted by atomic mass is 10.1. The number of nitrogens with zero attached hydrogens (tertiary/aromatic N) is 2. The van der Waals surface area contributed by atoms with E-state index in [-0.39, 0.29) is 5.02 Å². The van der Waals surface area contributed by atoms with Crippen LogP contribution in [-0.2, 0) is 0 Å². The summed E-state index contributed by atoms with van der Waals surface area (Å²) in [6.45, 7) is 0. The van der Waals surface area contributed by atoms with Crippen molar-refractivity contribution >= 4 is 51.7 Å². The number of hydrogen-bond acceptors (Lipinski definition) is 3. The van der Waals surface area contributed by atoms with Crippen LogP contribution in [0.4, 0.5) is 5.69 Å². The second-order valence-electron chi connectivity index (χ2n) is 4.39. The maximum Gasteiger partial charge on any atom is 0.266 e. The number of anilines is 1. The molecule has 2 amide bonds. The van der Waals surface area contributed by atoms with Crippen molar-refractivity contribution in [3.8, 4) is 6.07 Å². The van der Waals surface area contributed by atoms with Crippen molar-refractivity contribution in [2.24, 2.45) is 0 Å². The molecular formula is C15H6ClIN2O2. The molecule has 0 saturated heterocycles. The number of imide groups is 1. The minimum Gasteiger partial charge on any atom is -0.268 e. The highest BCUT2D eigenvalue weighted by Crippen LogP contribution is 2.37. The number of nitriles is 1. The summed E-state index contributed by atoms with van der Waals surface area (Å²) in [7, 11) is 0. The molecule has 0 fully saturated rings. The van der Waals surface area contributed by atoms with Crippen LogP contribution in [0.25, 0.3) is 0 Å². The SMILES string of the molecule is N#Cc1cc(Cl)c(N2C(=O)c3ccccc3C2=O)c(I)c1. The molecule has 1 aliphatic heterocycles. The Bertz CT molecular complexity index is 784. The number of amides is 2. The molecule has 4 nitrogen and oxygen atoms in total. The van der Waals surface area contributed by atoms with E-state index in [1.165, 1.54) is 6.07 Å². The van der Waals surface area contributed by atoms with Crippen LogP contribution in [0.15, 0.2) is 36.4 Å². The molecule has 1 heterocycles. The van der Waals surface area contributed by atoms with Gasteiger partial charge in [-0.1, -0.05) is 23.7 Å². The van der Waals surface area contributed by atoms with Crippen molar-refractivity contribution < 1.29 is 9.59 Å². The van der Waals surface area contributed by atoms with Gasteiger partial charge in [-0.05, 0) is 46.9 Å². The first-order valence-electron chi connectivity index (χ1n) is 5.91. The number of carbonyl (C=O) groups is 2. The van der Waals surface area contributed by atoms with Crippen molar-refractivity contribution in [1.29, 1.82) is 5.26 Å². The molecule has 0 N–H and O–H groups in total. The lowest BCUT2D eigenvalue weighted by molar-refractivity contribution is 0.0926. The number of carbonyl (C=O) groups excluding carboxylic acids is 2. The van der Waals surface area contributed by atoms with Gasteiger partial charge in [0.2, 0.25) is 0 Å². The molecular weight excluding hydrogens is 403 g/mol. The fourth-order valence-electron chi connectivity index (χ4n) is 2.24. The number of fused-ring (bicyclic) bond motifs is 1. The molecule has 1 aliphatic rings. The quantitative estimate of drug-likeness (QED) is 0.535.